The number of methoxy groups -OCH3 is 1. The summed E-state index contributed by atoms with van der Waals surface area (Å²) in [6, 6.07) is 11.7. The molecule has 0 aliphatic carbocycles. The van der Waals surface area contributed by atoms with Gasteiger partial charge in [-0.05, 0) is 47.9 Å². The smallest absolute Gasteiger partial charge is 0.244 e. The molecule has 1 amide bonds. The van der Waals surface area contributed by atoms with E-state index in [2.05, 4.69) is 5.32 Å². The van der Waals surface area contributed by atoms with E-state index in [9.17, 15) is 15.0 Å². The quantitative estimate of drug-likeness (QED) is 0.716. The Labute approximate surface area is 134 Å². The third-order valence-corrected chi connectivity index (χ3v) is 3.28. The highest BCUT2D eigenvalue weighted by molar-refractivity contribution is 5.91. The lowest BCUT2D eigenvalue weighted by molar-refractivity contribution is -0.116. The summed E-state index contributed by atoms with van der Waals surface area (Å²) >= 11 is 0. The standard InChI is InChI=1S/C18H19NO4/c1-23-17-12-14(4-8-16(17)21)5-9-18(22)19-11-10-13-2-6-15(20)7-3-13/h2-9,12,20-21H,10-11H2,1H3,(H,19,22)/b9-5+. The van der Waals surface area contributed by atoms with E-state index >= 15 is 0 Å². The third kappa shape index (κ3) is 5.07. The number of ether oxygens (including phenoxy) is 1. The molecule has 0 radical (unpaired) electrons. The monoisotopic (exact) mass is 313 g/mol. The average molecular weight is 313 g/mol. The second kappa shape index (κ2) is 7.89. The summed E-state index contributed by atoms with van der Waals surface area (Å²) in [6.45, 7) is 0.507. The van der Waals surface area contributed by atoms with Gasteiger partial charge in [-0.1, -0.05) is 18.2 Å². The Morgan fingerprint density at radius 1 is 1.17 bits per heavy atom. The van der Waals surface area contributed by atoms with Crippen LogP contribution in [0.4, 0.5) is 0 Å². The molecule has 2 aromatic carbocycles. The molecule has 0 aliphatic rings. The van der Waals surface area contributed by atoms with Gasteiger partial charge in [0.1, 0.15) is 5.75 Å². The summed E-state index contributed by atoms with van der Waals surface area (Å²) in [5.74, 6) is 0.448. The second-order valence-corrected chi connectivity index (χ2v) is 4.97. The van der Waals surface area contributed by atoms with Crippen molar-refractivity contribution in [2.45, 2.75) is 6.42 Å². The number of rotatable bonds is 6. The van der Waals surface area contributed by atoms with Gasteiger partial charge in [-0.2, -0.15) is 0 Å². The van der Waals surface area contributed by atoms with E-state index in [-0.39, 0.29) is 17.4 Å². The maximum atomic E-state index is 11.8. The first-order chi connectivity index (χ1) is 11.1. The first-order valence-corrected chi connectivity index (χ1v) is 7.19. The number of carbonyl (C=O) groups is 1. The maximum Gasteiger partial charge on any atom is 0.244 e. The number of aromatic hydroxyl groups is 2. The number of carbonyl (C=O) groups excluding carboxylic acids is 1. The molecule has 0 aliphatic heterocycles. The lowest BCUT2D eigenvalue weighted by Crippen LogP contribution is -2.23. The fourth-order valence-electron chi connectivity index (χ4n) is 2.02. The molecule has 0 bridgehead atoms. The normalized spacial score (nSPS) is 10.7. The maximum absolute atomic E-state index is 11.8. The molecule has 0 atom stereocenters. The molecule has 2 rings (SSSR count). The van der Waals surface area contributed by atoms with E-state index in [1.165, 1.54) is 19.3 Å². The summed E-state index contributed by atoms with van der Waals surface area (Å²) in [5, 5.41) is 21.5. The molecular weight excluding hydrogens is 294 g/mol. The van der Waals surface area contributed by atoms with Gasteiger partial charge in [0.05, 0.1) is 7.11 Å². The van der Waals surface area contributed by atoms with Gasteiger partial charge in [0, 0.05) is 12.6 Å². The summed E-state index contributed by atoms with van der Waals surface area (Å²) in [5.41, 5.74) is 1.80. The number of phenolic OH excluding ortho intramolecular Hbond substituents is 2. The Balaban J connectivity index is 1.83. The Kier molecular flexibility index (Phi) is 5.63. The molecule has 0 unspecified atom stereocenters. The molecule has 0 saturated heterocycles. The van der Waals surface area contributed by atoms with Crippen LogP contribution in [0.3, 0.4) is 0 Å². The Hall–Kier alpha value is -2.95. The minimum Gasteiger partial charge on any atom is -0.508 e. The second-order valence-electron chi connectivity index (χ2n) is 4.97. The van der Waals surface area contributed by atoms with E-state index in [0.29, 0.717) is 18.7 Å². The fourth-order valence-corrected chi connectivity index (χ4v) is 2.02. The van der Waals surface area contributed by atoms with Crippen LogP contribution >= 0.6 is 0 Å². The van der Waals surface area contributed by atoms with Crippen molar-refractivity contribution in [2.24, 2.45) is 0 Å². The van der Waals surface area contributed by atoms with E-state index in [0.717, 1.165) is 11.1 Å². The zero-order chi connectivity index (χ0) is 16.7. The predicted molar refractivity (Wildman–Crippen MR) is 88.5 cm³/mol. The third-order valence-electron chi connectivity index (χ3n) is 3.28. The summed E-state index contributed by atoms with van der Waals surface area (Å²) in [7, 11) is 1.47. The van der Waals surface area contributed by atoms with E-state index in [1.54, 1.807) is 30.3 Å². The zero-order valence-corrected chi connectivity index (χ0v) is 12.8. The van der Waals surface area contributed by atoms with Gasteiger partial charge in [0.2, 0.25) is 5.91 Å². The topological polar surface area (TPSA) is 78.8 Å². The van der Waals surface area contributed by atoms with Gasteiger partial charge < -0.3 is 20.3 Å². The van der Waals surface area contributed by atoms with Gasteiger partial charge in [-0.25, -0.2) is 0 Å². The van der Waals surface area contributed by atoms with Gasteiger partial charge in [-0.3, -0.25) is 4.79 Å². The van der Waals surface area contributed by atoms with Crippen molar-refractivity contribution in [3.05, 3.63) is 59.7 Å². The van der Waals surface area contributed by atoms with E-state index in [1.807, 2.05) is 12.1 Å². The molecule has 0 heterocycles. The van der Waals surface area contributed by atoms with Crippen LogP contribution in [-0.2, 0) is 11.2 Å². The molecule has 0 fully saturated rings. The highest BCUT2D eigenvalue weighted by Crippen LogP contribution is 2.26. The summed E-state index contributed by atoms with van der Waals surface area (Å²) in [6.07, 6.45) is 3.77. The number of nitrogens with one attached hydrogen (secondary N) is 1. The number of phenols is 2. The molecule has 3 N–H and O–H groups in total. The molecule has 2 aromatic rings. The molecule has 0 saturated carbocycles. The van der Waals surface area contributed by atoms with Crippen molar-refractivity contribution in [1.29, 1.82) is 0 Å². The lowest BCUT2D eigenvalue weighted by Gasteiger charge is -2.04. The van der Waals surface area contributed by atoms with Crippen molar-refractivity contribution >= 4 is 12.0 Å². The van der Waals surface area contributed by atoms with Gasteiger partial charge in [0.25, 0.3) is 0 Å². The minimum atomic E-state index is -0.198. The SMILES string of the molecule is COc1cc(/C=C/C(=O)NCCc2ccc(O)cc2)ccc1O. The highest BCUT2D eigenvalue weighted by atomic mass is 16.5. The van der Waals surface area contributed by atoms with Gasteiger partial charge >= 0.3 is 0 Å². The van der Waals surface area contributed by atoms with Crippen LogP contribution in [0.1, 0.15) is 11.1 Å². The van der Waals surface area contributed by atoms with Crippen molar-refractivity contribution in [2.75, 3.05) is 13.7 Å². The predicted octanol–water partition coefficient (Wildman–Crippen LogP) is 2.48. The van der Waals surface area contributed by atoms with Crippen LogP contribution in [0.5, 0.6) is 17.2 Å². The Morgan fingerprint density at radius 2 is 1.91 bits per heavy atom. The number of benzene rings is 2. The first kappa shape index (κ1) is 16.4. The fraction of sp³-hybridized carbons (Fsp3) is 0.167. The molecular formula is C18H19NO4. The van der Waals surface area contributed by atoms with Crippen LogP contribution < -0.4 is 10.1 Å². The molecule has 0 spiro atoms. The molecule has 120 valence electrons. The summed E-state index contributed by atoms with van der Waals surface area (Å²) < 4.78 is 5.01. The minimum absolute atomic E-state index is 0.0583. The average Bonchev–Trinajstić information content (AvgIpc) is 2.56. The van der Waals surface area contributed by atoms with Crippen molar-refractivity contribution in [3.8, 4) is 17.2 Å². The van der Waals surface area contributed by atoms with Crippen LogP contribution in [-0.4, -0.2) is 29.8 Å². The number of hydrogen-bond acceptors (Lipinski definition) is 4. The number of hydrogen-bond donors (Lipinski definition) is 3. The van der Waals surface area contributed by atoms with E-state index in [4.69, 9.17) is 4.74 Å². The Morgan fingerprint density at radius 3 is 2.61 bits per heavy atom. The van der Waals surface area contributed by atoms with Crippen molar-refractivity contribution in [3.63, 3.8) is 0 Å². The Bertz CT molecular complexity index is 693. The van der Waals surface area contributed by atoms with Crippen LogP contribution in [0.2, 0.25) is 0 Å². The largest absolute Gasteiger partial charge is 0.508 e. The zero-order valence-electron chi connectivity index (χ0n) is 12.8. The molecule has 5 nitrogen and oxygen atoms in total. The molecule has 23 heavy (non-hydrogen) atoms. The highest BCUT2D eigenvalue weighted by Gasteiger charge is 2.01. The van der Waals surface area contributed by atoms with E-state index < -0.39 is 0 Å². The van der Waals surface area contributed by atoms with Crippen molar-refractivity contribution < 1.29 is 19.7 Å². The molecule has 5 heteroatoms. The van der Waals surface area contributed by atoms with Crippen LogP contribution in [0.15, 0.2) is 48.5 Å². The first-order valence-electron chi connectivity index (χ1n) is 7.19. The van der Waals surface area contributed by atoms with Crippen molar-refractivity contribution in [1.82, 2.24) is 5.32 Å². The van der Waals surface area contributed by atoms with Gasteiger partial charge in [0.15, 0.2) is 11.5 Å². The lowest BCUT2D eigenvalue weighted by atomic mass is 10.1. The summed E-state index contributed by atoms with van der Waals surface area (Å²) in [4.78, 5) is 11.8. The van der Waals surface area contributed by atoms with Crippen LogP contribution in [0.25, 0.3) is 6.08 Å². The number of amides is 1. The van der Waals surface area contributed by atoms with Gasteiger partial charge in [-0.15, -0.1) is 0 Å². The molecule has 0 aromatic heterocycles. The van der Waals surface area contributed by atoms with Crippen LogP contribution in [0, 0.1) is 0 Å².